The third kappa shape index (κ3) is 2.73. The number of esters is 1. The molecular weight excluding hydrogens is 244 g/mol. The molecule has 0 N–H and O–H groups in total. The Balaban J connectivity index is 2.53. The monoisotopic (exact) mass is 258 g/mol. The molecule has 1 aromatic heterocycles. The first-order valence-corrected chi connectivity index (χ1v) is 5.92. The van der Waals surface area contributed by atoms with E-state index in [9.17, 15) is 9.59 Å². The van der Waals surface area contributed by atoms with E-state index in [1.807, 2.05) is 0 Å². The maximum absolute atomic E-state index is 12.3. The third-order valence-corrected chi connectivity index (χ3v) is 2.74. The molecule has 0 unspecified atom stereocenters. The molecule has 0 aliphatic carbocycles. The Bertz CT molecular complexity index is 669. The summed E-state index contributed by atoms with van der Waals surface area (Å²) >= 11 is 0. The molecule has 0 bridgehead atoms. The number of hydrogen-bond acceptors (Lipinski definition) is 4. The summed E-state index contributed by atoms with van der Waals surface area (Å²) in [6.07, 6.45) is 2.66. The summed E-state index contributed by atoms with van der Waals surface area (Å²) in [6, 6.07) is 6.95. The zero-order valence-electron chi connectivity index (χ0n) is 10.6. The van der Waals surface area contributed by atoms with Gasteiger partial charge in [-0.05, 0) is 12.1 Å². The van der Waals surface area contributed by atoms with Crippen molar-refractivity contribution >= 4 is 16.9 Å². The molecule has 98 valence electrons. The van der Waals surface area contributed by atoms with Crippen molar-refractivity contribution in [1.82, 2.24) is 0 Å². The van der Waals surface area contributed by atoms with Gasteiger partial charge in [0.25, 0.3) is 0 Å². The van der Waals surface area contributed by atoms with Gasteiger partial charge in [0, 0.05) is 13.3 Å². The number of benzene rings is 1. The molecule has 2 rings (SSSR count). The molecule has 0 radical (unpaired) electrons. The maximum Gasteiger partial charge on any atom is 0.303 e. The molecule has 4 nitrogen and oxygen atoms in total. The smallest absolute Gasteiger partial charge is 0.303 e. The normalized spacial score (nSPS) is 12.1. The minimum atomic E-state index is -0.657. The van der Waals surface area contributed by atoms with Crippen molar-refractivity contribution in [3.8, 4) is 0 Å². The highest BCUT2D eigenvalue weighted by molar-refractivity contribution is 5.76. The molecule has 0 saturated carbocycles. The second-order valence-corrected chi connectivity index (χ2v) is 4.14. The highest BCUT2D eigenvalue weighted by atomic mass is 16.5. The summed E-state index contributed by atoms with van der Waals surface area (Å²) in [6.45, 7) is 4.91. The van der Waals surface area contributed by atoms with Crippen LogP contribution in [0.5, 0.6) is 0 Å². The van der Waals surface area contributed by atoms with E-state index < -0.39 is 12.1 Å². The summed E-state index contributed by atoms with van der Waals surface area (Å²) in [7, 11) is 0. The molecule has 1 aromatic carbocycles. The van der Waals surface area contributed by atoms with Crippen molar-refractivity contribution in [1.29, 1.82) is 0 Å². The largest absolute Gasteiger partial charge is 0.464 e. The van der Waals surface area contributed by atoms with Gasteiger partial charge in [-0.15, -0.1) is 6.58 Å². The Kier molecular flexibility index (Phi) is 3.80. The Morgan fingerprint density at radius 2 is 2.21 bits per heavy atom. The number of para-hydroxylation sites is 1. The molecule has 0 aliphatic heterocycles. The van der Waals surface area contributed by atoms with Crippen LogP contribution < -0.4 is 5.43 Å². The average Bonchev–Trinajstić information content (AvgIpc) is 2.38. The second-order valence-electron chi connectivity index (χ2n) is 4.14. The molecule has 1 atom stereocenters. The molecule has 0 fully saturated rings. The van der Waals surface area contributed by atoms with Crippen LogP contribution in [0, 0.1) is 0 Å². The fraction of sp³-hybridized carbons (Fsp3) is 0.200. The highest BCUT2D eigenvalue weighted by Gasteiger charge is 2.19. The van der Waals surface area contributed by atoms with E-state index in [0.717, 1.165) is 0 Å². The third-order valence-electron chi connectivity index (χ3n) is 2.74. The van der Waals surface area contributed by atoms with Crippen LogP contribution in [0.15, 0.2) is 52.4 Å². The van der Waals surface area contributed by atoms with E-state index >= 15 is 0 Å². The number of ether oxygens (including phenoxy) is 1. The Hall–Kier alpha value is -2.36. The van der Waals surface area contributed by atoms with E-state index in [1.54, 1.807) is 30.3 Å². The van der Waals surface area contributed by atoms with Gasteiger partial charge >= 0.3 is 5.97 Å². The Labute approximate surface area is 110 Å². The van der Waals surface area contributed by atoms with Crippen LogP contribution in [0.4, 0.5) is 0 Å². The molecule has 0 aliphatic rings. The van der Waals surface area contributed by atoms with Gasteiger partial charge in [0.2, 0.25) is 0 Å². The zero-order valence-corrected chi connectivity index (χ0v) is 10.6. The molecule has 0 spiro atoms. The highest BCUT2D eigenvalue weighted by Crippen LogP contribution is 2.21. The summed E-state index contributed by atoms with van der Waals surface area (Å²) in [4.78, 5) is 23.4. The summed E-state index contributed by atoms with van der Waals surface area (Å²) in [5.41, 5.74) is 0.653. The fourth-order valence-corrected chi connectivity index (χ4v) is 1.91. The molecule has 0 amide bonds. The van der Waals surface area contributed by atoms with E-state index in [4.69, 9.17) is 9.15 Å². The van der Waals surface area contributed by atoms with Gasteiger partial charge < -0.3 is 9.15 Å². The molecule has 4 heteroatoms. The van der Waals surface area contributed by atoms with Crippen LogP contribution in [-0.2, 0) is 9.53 Å². The van der Waals surface area contributed by atoms with Crippen molar-refractivity contribution < 1.29 is 13.9 Å². The van der Waals surface area contributed by atoms with Crippen molar-refractivity contribution in [2.45, 2.75) is 19.4 Å². The SMILES string of the molecule is C=CC[C@@H](OC(C)=O)c1coc2ccccc2c1=O. The Morgan fingerprint density at radius 3 is 2.89 bits per heavy atom. The molecule has 2 aromatic rings. The van der Waals surface area contributed by atoms with Crippen LogP contribution in [0.2, 0.25) is 0 Å². The topological polar surface area (TPSA) is 56.5 Å². The van der Waals surface area contributed by atoms with Crippen LogP contribution in [0.25, 0.3) is 11.0 Å². The van der Waals surface area contributed by atoms with Crippen molar-refractivity contribution in [2.24, 2.45) is 0 Å². The maximum atomic E-state index is 12.3. The van der Waals surface area contributed by atoms with Crippen molar-refractivity contribution in [2.75, 3.05) is 0 Å². The van der Waals surface area contributed by atoms with E-state index in [-0.39, 0.29) is 5.43 Å². The van der Waals surface area contributed by atoms with Gasteiger partial charge in [-0.25, -0.2) is 0 Å². The lowest BCUT2D eigenvalue weighted by atomic mass is 10.1. The molecule has 1 heterocycles. The van der Waals surface area contributed by atoms with Gasteiger partial charge in [-0.1, -0.05) is 18.2 Å². The summed E-state index contributed by atoms with van der Waals surface area (Å²) in [5, 5.41) is 0.473. The first kappa shape index (κ1) is 13.1. The average molecular weight is 258 g/mol. The molecule has 19 heavy (non-hydrogen) atoms. The second kappa shape index (κ2) is 5.52. The summed E-state index contributed by atoms with van der Waals surface area (Å²) < 4.78 is 10.5. The van der Waals surface area contributed by atoms with Gasteiger partial charge in [0.1, 0.15) is 18.0 Å². The van der Waals surface area contributed by atoms with E-state index in [1.165, 1.54) is 13.2 Å². The first-order valence-electron chi connectivity index (χ1n) is 5.92. The van der Waals surface area contributed by atoms with Crippen molar-refractivity contribution in [3.63, 3.8) is 0 Å². The van der Waals surface area contributed by atoms with Crippen LogP contribution >= 0.6 is 0 Å². The van der Waals surface area contributed by atoms with Crippen LogP contribution in [-0.4, -0.2) is 5.97 Å². The fourth-order valence-electron chi connectivity index (χ4n) is 1.91. The summed E-state index contributed by atoms with van der Waals surface area (Å²) in [5.74, 6) is -0.445. The number of fused-ring (bicyclic) bond motifs is 1. The van der Waals surface area contributed by atoms with E-state index in [0.29, 0.717) is 23.0 Å². The minimum absolute atomic E-state index is 0.185. The van der Waals surface area contributed by atoms with Gasteiger partial charge in [0.05, 0.1) is 10.9 Å². The standard InChI is InChI=1S/C15H14O4/c1-3-6-14(19-10(2)16)12-9-18-13-8-5-4-7-11(13)15(12)17/h3-5,7-9,14H,1,6H2,2H3/t14-/m1/s1. The number of rotatable bonds is 4. The van der Waals surface area contributed by atoms with Gasteiger partial charge in [0.15, 0.2) is 5.43 Å². The number of hydrogen-bond donors (Lipinski definition) is 0. The molecular formula is C15H14O4. The minimum Gasteiger partial charge on any atom is -0.464 e. The lowest BCUT2D eigenvalue weighted by Crippen LogP contribution is -2.17. The zero-order chi connectivity index (χ0) is 13.8. The quantitative estimate of drug-likeness (QED) is 0.625. The predicted octanol–water partition coefficient (Wildman–Crippen LogP) is 2.97. The van der Waals surface area contributed by atoms with E-state index in [2.05, 4.69) is 6.58 Å². The first-order chi connectivity index (χ1) is 9.13. The molecule has 0 saturated heterocycles. The number of carbonyl (C=O) groups is 1. The van der Waals surface area contributed by atoms with Crippen molar-refractivity contribution in [3.05, 3.63) is 59.0 Å². The van der Waals surface area contributed by atoms with Gasteiger partial charge in [-0.2, -0.15) is 0 Å². The van der Waals surface area contributed by atoms with Crippen LogP contribution in [0.1, 0.15) is 25.0 Å². The lowest BCUT2D eigenvalue weighted by Gasteiger charge is -2.14. The van der Waals surface area contributed by atoms with Gasteiger partial charge in [-0.3, -0.25) is 9.59 Å². The predicted molar refractivity (Wildman–Crippen MR) is 71.8 cm³/mol. The lowest BCUT2D eigenvalue weighted by molar-refractivity contribution is -0.146. The Morgan fingerprint density at radius 1 is 1.47 bits per heavy atom. The van der Waals surface area contributed by atoms with Crippen LogP contribution in [0.3, 0.4) is 0 Å². The number of carbonyl (C=O) groups excluding carboxylic acids is 1.